The first-order valence-corrected chi connectivity index (χ1v) is 11.4. The lowest BCUT2D eigenvalue weighted by Crippen LogP contribution is -2.37. The van der Waals surface area contributed by atoms with Gasteiger partial charge in [0.05, 0.1) is 0 Å². The molecule has 0 bridgehead atoms. The third-order valence-electron chi connectivity index (χ3n) is 5.31. The molecule has 0 aromatic carbocycles. The lowest BCUT2D eigenvalue weighted by Gasteiger charge is -2.35. The predicted octanol–water partition coefficient (Wildman–Crippen LogP) is 8.42. The molecule has 172 valence electrons. The first kappa shape index (κ1) is 28.0. The van der Waals surface area contributed by atoms with Crippen molar-refractivity contribution in [1.29, 1.82) is 0 Å². The molecule has 2 atom stereocenters. The van der Waals surface area contributed by atoms with Gasteiger partial charge in [-0.05, 0) is 54.8 Å². The highest BCUT2D eigenvalue weighted by Gasteiger charge is 2.34. The van der Waals surface area contributed by atoms with Crippen molar-refractivity contribution in [3.8, 4) is 0 Å². The highest BCUT2D eigenvalue weighted by Crippen LogP contribution is 2.38. The Labute approximate surface area is 182 Å². The van der Waals surface area contributed by atoms with E-state index in [-0.39, 0.29) is 28.3 Å². The molecule has 0 heterocycles. The number of carbonyl (C=O) groups excluding carboxylic acids is 1. The second kappa shape index (κ2) is 10.4. The lowest BCUT2D eigenvalue weighted by atomic mass is 9.74. The summed E-state index contributed by atoms with van der Waals surface area (Å²) in [7, 11) is 0. The minimum absolute atomic E-state index is 0.0902. The van der Waals surface area contributed by atoms with Crippen LogP contribution in [0.15, 0.2) is 12.2 Å². The molecule has 0 amide bonds. The molecule has 3 heteroatoms. The van der Waals surface area contributed by atoms with Crippen LogP contribution in [0.4, 0.5) is 4.79 Å². The van der Waals surface area contributed by atoms with Gasteiger partial charge in [0.15, 0.2) is 0 Å². The molecule has 0 saturated heterocycles. The van der Waals surface area contributed by atoms with Crippen LogP contribution in [0.2, 0.25) is 0 Å². The zero-order chi connectivity index (χ0) is 23.3. The Balaban J connectivity index is 5.05. The number of rotatable bonds is 10. The van der Waals surface area contributed by atoms with E-state index >= 15 is 0 Å². The first-order valence-electron chi connectivity index (χ1n) is 11.4. The van der Waals surface area contributed by atoms with E-state index in [9.17, 15) is 4.79 Å². The summed E-state index contributed by atoms with van der Waals surface area (Å²) >= 11 is 0. The number of hydrogen-bond donors (Lipinski definition) is 0. The van der Waals surface area contributed by atoms with E-state index in [1.54, 1.807) is 0 Å². The van der Waals surface area contributed by atoms with Crippen molar-refractivity contribution in [1.82, 2.24) is 0 Å². The van der Waals surface area contributed by atoms with Crippen LogP contribution in [0.3, 0.4) is 0 Å². The van der Waals surface area contributed by atoms with Gasteiger partial charge in [0, 0.05) is 0 Å². The van der Waals surface area contributed by atoms with E-state index in [2.05, 4.69) is 88.3 Å². The molecule has 3 nitrogen and oxygen atoms in total. The van der Waals surface area contributed by atoms with E-state index in [4.69, 9.17) is 9.47 Å². The molecule has 2 unspecified atom stereocenters. The highest BCUT2D eigenvalue weighted by molar-refractivity contribution is 5.60. The maximum atomic E-state index is 12.5. The van der Waals surface area contributed by atoms with Crippen LogP contribution in [0.5, 0.6) is 0 Å². The molecule has 0 aliphatic rings. The summed E-state index contributed by atoms with van der Waals surface area (Å²) in [6.07, 6.45) is 6.76. The minimum Gasteiger partial charge on any atom is -0.430 e. The molecule has 0 fully saturated rings. The van der Waals surface area contributed by atoms with Crippen molar-refractivity contribution in [2.45, 2.75) is 121 Å². The predicted molar refractivity (Wildman–Crippen MR) is 125 cm³/mol. The fourth-order valence-electron chi connectivity index (χ4n) is 4.57. The summed E-state index contributed by atoms with van der Waals surface area (Å²) in [5, 5.41) is 0. The van der Waals surface area contributed by atoms with Gasteiger partial charge < -0.3 is 9.47 Å². The molecule has 0 rings (SSSR count). The maximum Gasteiger partial charge on any atom is 0.509 e. The third kappa shape index (κ3) is 12.3. The zero-order valence-corrected chi connectivity index (χ0v) is 21.7. The van der Waals surface area contributed by atoms with Gasteiger partial charge in [-0.3, -0.25) is 0 Å². The fraction of sp³-hybridized carbons (Fsp3) is 0.885. The molecule has 0 radical (unpaired) electrons. The van der Waals surface area contributed by atoms with Gasteiger partial charge in [0.1, 0.15) is 11.7 Å². The van der Waals surface area contributed by atoms with Crippen LogP contribution >= 0.6 is 0 Å². The molecular weight excluding hydrogens is 360 g/mol. The van der Waals surface area contributed by atoms with E-state index in [1.165, 1.54) is 0 Å². The summed E-state index contributed by atoms with van der Waals surface area (Å²) in [6, 6.07) is 0. The molecule has 0 aromatic heterocycles. The van der Waals surface area contributed by atoms with Crippen LogP contribution in [-0.2, 0) is 9.47 Å². The second-order valence-corrected chi connectivity index (χ2v) is 12.5. The zero-order valence-electron chi connectivity index (χ0n) is 21.7. The molecule has 0 aliphatic carbocycles. The molecule has 0 aliphatic heterocycles. The van der Waals surface area contributed by atoms with E-state index < -0.39 is 11.8 Å². The summed E-state index contributed by atoms with van der Waals surface area (Å²) in [5.74, 6) is 0.583. The van der Waals surface area contributed by atoms with E-state index in [0.717, 1.165) is 19.3 Å². The summed E-state index contributed by atoms with van der Waals surface area (Å²) < 4.78 is 11.5. The normalized spacial score (nSPS) is 16.2. The minimum atomic E-state index is -0.601. The Morgan fingerprint density at radius 1 is 0.828 bits per heavy atom. The Morgan fingerprint density at radius 2 is 1.28 bits per heavy atom. The molecule has 0 aromatic rings. The van der Waals surface area contributed by atoms with Crippen molar-refractivity contribution in [2.24, 2.45) is 28.1 Å². The molecule has 0 spiro atoms. The maximum absolute atomic E-state index is 12.5. The number of carbonyl (C=O) groups is 1. The van der Waals surface area contributed by atoms with Gasteiger partial charge in [-0.2, -0.15) is 0 Å². The standard InChI is InChI=1S/C26H50O3/c1-14-20(4)21(19(2)3)28-22(27)29-26(12,13)18-25(10,11)16-15-24(8,9)17-23(5,6)7/h15-16,19-21H,14,17-18H2,1-13H3/b16-15-. The Morgan fingerprint density at radius 3 is 1.66 bits per heavy atom. The van der Waals surface area contributed by atoms with Crippen molar-refractivity contribution in [3.63, 3.8) is 0 Å². The van der Waals surface area contributed by atoms with Crippen LogP contribution < -0.4 is 0 Å². The Bertz CT molecular complexity index is 533. The monoisotopic (exact) mass is 410 g/mol. The van der Waals surface area contributed by atoms with Gasteiger partial charge in [0.2, 0.25) is 0 Å². The Hall–Kier alpha value is -0.990. The molecule has 0 saturated carbocycles. The van der Waals surface area contributed by atoms with Gasteiger partial charge >= 0.3 is 6.16 Å². The Kier molecular flexibility index (Phi) is 10.0. The average molecular weight is 411 g/mol. The van der Waals surface area contributed by atoms with Crippen LogP contribution in [-0.4, -0.2) is 17.9 Å². The van der Waals surface area contributed by atoms with Crippen LogP contribution in [0, 0.1) is 28.1 Å². The van der Waals surface area contributed by atoms with E-state index in [0.29, 0.717) is 5.92 Å². The number of allylic oxidation sites excluding steroid dienone is 2. The second-order valence-electron chi connectivity index (χ2n) is 12.5. The van der Waals surface area contributed by atoms with Crippen molar-refractivity contribution < 1.29 is 14.3 Å². The molecule has 29 heavy (non-hydrogen) atoms. The largest absolute Gasteiger partial charge is 0.509 e. The first-order chi connectivity index (χ1) is 12.8. The van der Waals surface area contributed by atoms with Gasteiger partial charge in [-0.1, -0.05) is 94.7 Å². The third-order valence-corrected chi connectivity index (χ3v) is 5.31. The van der Waals surface area contributed by atoms with Gasteiger partial charge in [0.25, 0.3) is 0 Å². The molecule has 0 N–H and O–H groups in total. The smallest absolute Gasteiger partial charge is 0.430 e. The van der Waals surface area contributed by atoms with Crippen molar-refractivity contribution in [3.05, 3.63) is 12.2 Å². The highest BCUT2D eigenvalue weighted by atomic mass is 16.7. The van der Waals surface area contributed by atoms with Gasteiger partial charge in [-0.25, -0.2) is 4.79 Å². The fourth-order valence-corrected chi connectivity index (χ4v) is 4.57. The van der Waals surface area contributed by atoms with Gasteiger partial charge in [-0.15, -0.1) is 0 Å². The van der Waals surface area contributed by atoms with Crippen molar-refractivity contribution in [2.75, 3.05) is 0 Å². The van der Waals surface area contributed by atoms with E-state index in [1.807, 2.05) is 13.8 Å². The summed E-state index contributed by atoms with van der Waals surface area (Å²) in [6.45, 7) is 28.1. The summed E-state index contributed by atoms with van der Waals surface area (Å²) in [4.78, 5) is 12.5. The molecular formula is C26H50O3. The van der Waals surface area contributed by atoms with Crippen LogP contribution in [0.25, 0.3) is 0 Å². The average Bonchev–Trinajstić information content (AvgIpc) is 2.46. The number of hydrogen-bond acceptors (Lipinski definition) is 3. The lowest BCUT2D eigenvalue weighted by molar-refractivity contribution is -0.0647. The van der Waals surface area contributed by atoms with Crippen molar-refractivity contribution >= 4 is 6.16 Å². The topological polar surface area (TPSA) is 35.5 Å². The quantitative estimate of drug-likeness (QED) is 0.268. The summed E-state index contributed by atoms with van der Waals surface area (Å²) in [5.41, 5.74) is -0.282. The van der Waals surface area contributed by atoms with Crippen LogP contribution in [0.1, 0.15) is 109 Å². The number of ether oxygens (including phenoxy) is 2. The SMILES string of the molecule is CCC(C)C(OC(=O)OC(C)(C)CC(C)(C)/C=C\C(C)(C)CC(C)(C)C)C(C)C.